The molecular formula is C29H28N4O3. The van der Waals surface area contributed by atoms with E-state index in [-0.39, 0.29) is 29.9 Å². The second kappa shape index (κ2) is 11.3. The van der Waals surface area contributed by atoms with E-state index >= 15 is 0 Å². The Morgan fingerprint density at radius 2 is 1.72 bits per heavy atom. The van der Waals surface area contributed by atoms with E-state index in [9.17, 15) is 14.4 Å². The molecule has 7 heteroatoms. The van der Waals surface area contributed by atoms with Crippen LogP contribution in [0.5, 0.6) is 0 Å². The molecule has 0 saturated heterocycles. The molecule has 182 valence electrons. The number of allylic oxidation sites excluding steroid dienone is 1. The molecule has 0 heterocycles. The predicted molar refractivity (Wildman–Crippen MR) is 137 cm³/mol. The van der Waals surface area contributed by atoms with Crippen LogP contribution >= 0.6 is 0 Å². The minimum Gasteiger partial charge on any atom is -0.345 e. The van der Waals surface area contributed by atoms with Crippen molar-refractivity contribution in [3.05, 3.63) is 95.1 Å². The van der Waals surface area contributed by atoms with Gasteiger partial charge < -0.3 is 5.32 Å². The topological polar surface area (TPSA) is 111 Å². The molecule has 0 bridgehead atoms. The minimum atomic E-state index is -0.625. The second-order valence-electron chi connectivity index (χ2n) is 8.95. The fraction of sp³-hybridized carbons (Fsp3) is 0.241. The molecule has 3 N–H and O–H groups in total. The molecule has 0 aliphatic heterocycles. The average molecular weight is 481 g/mol. The Morgan fingerprint density at radius 3 is 2.50 bits per heavy atom. The molecule has 3 amide bonds. The molecule has 7 nitrogen and oxygen atoms in total. The number of nitriles is 1. The smallest absolute Gasteiger partial charge is 0.280 e. The standard InChI is InChI=1S/C29H28N4O3/c1-19(24-12-6-9-21-7-2-4-10-25(21)24)31-29(36)26-11-5-3-8-22(26)15-16-27(34)32-33-28(35)23(18-30)17-20-13-14-20/h2-12,17,19-20H,13-16H2,1H3,(H,31,36)(H,32,34)(H,33,35)/b23-17+/t19-/m1/s1. The molecule has 1 atom stereocenters. The van der Waals surface area contributed by atoms with Gasteiger partial charge in [0.05, 0.1) is 6.04 Å². The average Bonchev–Trinajstić information content (AvgIpc) is 3.73. The van der Waals surface area contributed by atoms with Gasteiger partial charge in [-0.15, -0.1) is 0 Å². The van der Waals surface area contributed by atoms with Crippen LogP contribution in [0.25, 0.3) is 10.8 Å². The summed E-state index contributed by atoms with van der Waals surface area (Å²) in [6.07, 6.45) is 3.96. The van der Waals surface area contributed by atoms with Gasteiger partial charge in [-0.3, -0.25) is 25.2 Å². The van der Waals surface area contributed by atoms with Gasteiger partial charge in [-0.2, -0.15) is 5.26 Å². The lowest BCUT2D eigenvalue weighted by atomic mass is 9.98. The molecule has 0 unspecified atom stereocenters. The molecule has 1 fully saturated rings. The zero-order valence-corrected chi connectivity index (χ0v) is 20.1. The van der Waals surface area contributed by atoms with E-state index in [1.807, 2.05) is 67.6 Å². The van der Waals surface area contributed by atoms with Gasteiger partial charge in [-0.05, 0) is 60.1 Å². The van der Waals surface area contributed by atoms with Crippen LogP contribution in [0.1, 0.15) is 53.7 Å². The van der Waals surface area contributed by atoms with E-state index in [1.165, 1.54) is 0 Å². The number of carbonyl (C=O) groups is 3. The lowest BCUT2D eigenvalue weighted by molar-refractivity contribution is -0.127. The van der Waals surface area contributed by atoms with Gasteiger partial charge in [0, 0.05) is 12.0 Å². The first-order chi connectivity index (χ1) is 17.5. The summed E-state index contributed by atoms with van der Waals surface area (Å²) in [5.41, 5.74) is 6.90. The van der Waals surface area contributed by atoms with E-state index in [0.29, 0.717) is 12.0 Å². The van der Waals surface area contributed by atoms with Gasteiger partial charge in [0.2, 0.25) is 5.91 Å². The van der Waals surface area contributed by atoms with Crippen LogP contribution in [0.4, 0.5) is 0 Å². The van der Waals surface area contributed by atoms with E-state index in [4.69, 9.17) is 5.26 Å². The van der Waals surface area contributed by atoms with E-state index in [1.54, 1.807) is 18.2 Å². The van der Waals surface area contributed by atoms with E-state index in [0.717, 1.165) is 34.7 Å². The lowest BCUT2D eigenvalue weighted by Crippen LogP contribution is -2.42. The summed E-state index contributed by atoms with van der Waals surface area (Å²) in [5, 5.41) is 14.4. The molecule has 0 radical (unpaired) electrons. The van der Waals surface area contributed by atoms with Crippen LogP contribution in [-0.4, -0.2) is 17.7 Å². The lowest BCUT2D eigenvalue weighted by Gasteiger charge is -2.18. The third-order valence-corrected chi connectivity index (χ3v) is 6.23. The first kappa shape index (κ1) is 24.7. The van der Waals surface area contributed by atoms with Crippen LogP contribution in [0.2, 0.25) is 0 Å². The summed E-state index contributed by atoms with van der Waals surface area (Å²) >= 11 is 0. The van der Waals surface area contributed by atoms with Crippen molar-refractivity contribution in [3.8, 4) is 6.07 Å². The highest BCUT2D eigenvalue weighted by molar-refractivity contribution is 5.98. The number of hydrogen-bond donors (Lipinski definition) is 3. The van der Waals surface area contributed by atoms with Gasteiger partial charge in [0.15, 0.2) is 0 Å². The molecule has 3 aromatic rings. The number of carbonyl (C=O) groups excluding carboxylic acids is 3. The van der Waals surface area contributed by atoms with Crippen LogP contribution in [0.15, 0.2) is 78.4 Å². The maximum Gasteiger partial charge on any atom is 0.280 e. The Labute approximate surface area is 210 Å². The van der Waals surface area contributed by atoms with Crippen molar-refractivity contribution in [1.82, 2.24) is 16.2 Å². The van der Waals surface area contributed by atoms with Crippen LogP contribution in [0.3, 0.4) is 0 Å². The SMILES string of the molecule is C[C@@H](NC(=O)c1ccccc1CCC(=O)NNC(=O)/C(C#N)=C/C1CC1)c1cccc2ccccc12. The third-order valence-electron chi connectivity index (χ3n) is 6.23. The van der Waals surface area contributed by atoms with Gasteiger partial charge in [-0.25, -0.2) is 0 Å². The maximum absolute atomic E-state index is 13.1. The van der Waals surface area contributed by atoms with Crippen LogP contribution in [-0.2, 0) is 16.0 Å². The number of benzene rings is 3. The fourth-order valence-electron chi connectivity index (χ4n) is 4.11. The molecule has 1 saturated carbocycles. The molecule has 3 aromatic carbocycles. The second-order valence-corrected chi connectivity index (χ2v) is 8.95. The Morgan fingerprint density at radius 1 is 1.00 bits per heavy atom. The number of nitrogens with zero attached hydrogens (tertiary/aromatic N) is 1. The summed E-state index contributed by atoms with van der Waals surface area (Å²) in [7, 11) is 0. The molecule has 4 rings (SSSR count). The molecule has 1 aliphatic carbocycles. The van der Waals surface area contributed by atoms with Crippen molar-refractivity contribution in [2.75, 3.05) is 0 Å². The highest BCUT2D eigenvalue weighted by atomic mass is 16.2. The Bertz CT molecular complexity index is 1360. The van der Waals surface area contributed by atoms with Crippen molar-refractivity contribution in [3.63, 3.8) is 0 Å². The Kier molecular flexibility index (Phi) is 7.76. The van der Waals surface area contributed by atoms with Crippen molar-refractivity contribution < 1.29 is 14.4 Å². The first-order valence-electron chi connectivity index (χ1n) is 12.0. The summed E-state index contributed by atoms with van der Waals surface area (Å²) < 4.78 is 0. The Balaban J connectivity index is 1.35. The normalized spacial score (nSPS) is 13.9. The molecule has 0 spiro atoms. The number of nitrogens with one attached hydrogen (secondary N) is 3. The fourth-order valence-corrected chi connectivity index (χ4v) is 4.11. The van der Waals surface area contributed by atoms with Crippen molar-refractivity contribution in [1.29, 1.82) is 5.26 Å². The third kappa shape index (κ3) is 6.16. The van der Waals surface area contributed by atoms with Crippen molar-refractivity contribution >= 4 is 28.5 Å². The van der Waals surface area contributed by atoms with Gasteiger partial charge in [-0.1, -0.05) is 66.7 Å². The summed E-state index contributed by atoms with van der Waals surface area (Å²) in [6.45, 7) is 1.95. The first-order valence-corrected chi connectivity index (χ1v) is 12.0. The largest absolute Gasteiger partial charge is 0.345 e. The van der Waals surface area contributed by atoms with Gasteiger partial charge >= 0.3 is 0 Å². The maximum atomic E-state index is 13.1. The molecule has 0 aromatic heterocycles. The van der Waals surface area contributed by atoms with Crippen molar-refractivity contribution in [2.45, 2.75) is 38.6 Å². The Hall–Kier alpha value is -4.44. The number of hydrazine groups is 1. The number of fused-ring (bicyclic) bond motifs is 1. The van der Waals surface area contributed by atoms with E-state index in [2.05, 4.69) is 16.2 Å². The molecule has 1 aliphatic rings. The predicted octanol–water partition coefficient (Wildman–Crippen LogP) is 4.27. The zero-order valence-electron chi connectivity index (χ0n) is 20.1. The molecule has 36 heavy (non-hydrogen) atoms. The van der Waals surface area contributed by atoms with Crippen LogP contribution in [0, 0.1) is 17.2 Å². The number of amides is 3. The highest BCUT2D eigenvalue weighted by Gasteiger charge is 2.22. The minimum absolute atomic E-state index is 0.000121. The van der Waals surface area contributed by atoms with Crippen LogP contribution < -0.4 is 16.2 Å². The van der Waals surface area contributed by atoms with Gasteiger partial charge in [0.1, 0.15) is 11.6 Å². The monoisotopic (exact) mass is 480 g/mol. The summed E-state index contributed by atoms with van der Waals surface area (Å²) in [4.78, 5) is 37.5. The number of aryl methyl sites for hydroxylation is 1. The summed E-state index contributed by atoms with van der Waals surface area (Å²) in [6, 6.07) is 22.9. The highest BCUT2D eigenvalue weighted by Crippen LogP contribution is 2.31. The number of rotatable bonds is 8. The number of hydrogen-bond acceptors (Lipinski definition) is 4. The summed E-state index contributed by atoms with van der Waals surface area (Å²) in [5.74, 6) is -0.984. The quantitative estimate of drug-likeness (QED) is 0.254. The van der Waals surface area contributed by atoms with Gasteiger partial charge in [0.25, 0.3) is 11.8 Å². The van der Waals surface area contributed by atoms with Crippen molar-refractivity contribution in [2.24, 2.45) is 5.92 Å². The zero-order chi connectivity index (χ0) is 25.5. The van der Waals surface area contributed by atoms with E-state index < -0.39 is 11.8 Å². The molecular weight excluding hydrogens is 452 g/mol.